The Morgan fingerprint density at radius 2 is 1.87 bits per heavy atom. The van der Waals surface area contributed by atoms with Crippen LogP contribution in [-0.4, -0.2) is 72.5 Å². The second kappa shape index (κ2) is 8.39. The van der Waals surface area contributed by atoms with E-state index in [0.29, 0.717) is 13.1 Å². The van der Waals surface area contributed by atoms with E-state index in [9.17, 15) is 21.6 Å². The number of alkyl halides is 3. The molecular weight excluding hydrogens is 437 g/mol. The van der Waals surface area contributed by atoms with Gasteiger partial charge in [0.2, 0.25) is 21.9 Å². The van der Waals surface area contributed by atoms with Crippen LogP contribution in [0.4, 0.5) is 25.1 Å². The Balaban J connectivity index is 1.52. The Morgan fingerprint density at radius 3 is 2.52 bits per heavy atom. The van der Waals surface area contributed by atoms with Gasteiger partial charge in [-0.3, -0.25) is 0 Å². The topological polar surface area (TPSA) is 117 Å². The van der Waals surface area contributed by atoms with Gasteiger partial charge in [-0.15, -0.1) is 0 Å². The number of anilines is 2. The Morgan fingerprint density at radius 1 is 1.16 bits per heavy atom. The van der Waals surface area contributed by atoms with E-state index in [-0.39, 0.29) is 41.9 Å². The largest absolute Gasteiger partial charge is 0.435 e. The molecule has 4 rings (SSSR count). The summed E-state index contributed by atoms with van der Waals surface area (Å²) in [6.45, 7) is 1.20. The zero-order valence-electron chi connectivity index (χ0n) is 17.0. The molecule has 0 spiro atoms. The Bertz CT molecular complexity index is 1030. The van der Waals surface area contributed by atoms with E-state index in [1.165, 1.54) is 0 Å². The van der Waals surface area contributed by atoms with Crippen LogP contribution in [0.3, 0.4) is 0 Å². The van der Waals surface area contributed by atoms with Crippen molar-refractivity contribution < 1.29 is 21.6 Å². The molecule has 1 saturated carbocycles. The number of aromatic nitrogens is 4. The Kier molecular flexibility index (Phi) is 5.96. The van der Waals surface area contributed by atoms with Crippen LogP contribution in [-0.2, 0) is 16.2 Å². The van der Waals surface area contributed by atoms with E-state index in [0.717, 1.165) is 36.3 Å². The zero-order chi connectivity index (χ0) is 22.2. The van der Waals surface area contributed by atoms with Gasteiger partial charge in [-0.05, 0) is 19.9 Å². The lowest BCUT2D eigenvalue weighted by atomic mass is 10.1. The number of rotatable bonds is 8. The third-order valence-corrected chi connectivity index (χ3v) is 6.96. The summed E-state index contributed by atoms with van der Waals surface area (Å²) in [6.07, 6.45) is -0.996. The van der Waals surface area contributed by atoms with E-state index < -0.39 is 21.9 Å². The highest BCUT2D eigenvalue weighted by atomic mass is 32.2. The average Bonchev–Trinajstić information content (AvgIpc) is 3.29. The van der Waals surface area contributed by atoms with Crippen molar-refractivity contribution in [1.29, 1.82) is 0 Å². The standard InChI is InChI=1S/C17H25F3N8O2S/c1-21-12-9-27(10-12)16-23-14-8-13(17(18,19)20)25-28(14)15(24-16)22-6-7-31(29,30)26-11-4-2-3-5-11/h8,11-12,21,26H,2-7,9-10H2,1H3,(H,22,23,24). The number of hydrogen-bond acceptors (Lipinski definition) is 8. The first-order valence-electron chi connectivity index (χ1n) is 10.2. The van der Waals surface area contributed by atoms with Gasteiger partial charge in [0.15, 0.2) is 11.3 Å². The molecule has 0 atom stereocenters. The van der Waals surface area contributed by atoms with Crippen LogP contribution < -0.4 is 20.3 Å². The van der Waals surface area contributed by atoms with E-state index in [1.54, 1.807) is 0 Å². The molecule has 0 unspecified atom stereocenters. The third-order valence-electron chi connectivity index (χ3n) is 5.53. The van der Waals surface area contributed by atoms with Crippen molar-refractivity contribution in [3.63, 3.8) is 0 Å². The fourth-order valence-corrected chi connectivity index (χ4v) is 4.98. The van der Waals surface area contributed by atoms with Crippen LogP contribution in [0.2, 0.25) is 0 Å². The number of likely N-dealkylation sites (N-methyl/N-ethyl adjacent to an activating group) is 1. The van der Waals surface area contributed by atoms with Crippen molar-refractivity contribution in [3.8, 4) is 0 Å². The first-order chi connectivity index (χ1) is 14.6. The van der Waals surface area contributed by atoms with E-state index in [4.69, 9.17) is 0 Å². The summed E-state index contributed by atoms with van der Waals surface area (Å²) < 4.78 is 67.7. The maximum Gasteiger partial charge on any atom is 0.435 e. The molecular formula is C17H25F3N8O2S. The second-order valence-corrected chi connectivity index (χ2v) is 9.75. The first-order valence-corrected chi connectivity index (χ1v) is 11.8. The average molecular weight is 463 g/mol. The van der Waals surface area contributed by atoms with Crippen LogP contribution in [0.5, 0.6) is 0 Å². The predicted octanol–water partition coefficient (Wildman–Crippen LogP) is 0.825. The monoisotopic (exact) mass is 462 g/mol. The molecule has 2 aromatic heterocycles. The van der Waals surface area contributed by atoms with E-state index >= 15 is 0 Å². The minimum Gasteiger partial charge on any atom is -0.353 e. The number of halogens is 3. The minimum atomic E-state index is -4.63. The van der Waals surface area contributed by atoms with Gasteiger partial charge in [-0.1, -0.05) is 12.8 Å². The molecule has 31 heavy (non-hydrogen) atoms. The maximum absolute atomic E-state index is 13.1. The lowest BCUT2D eigenvalue weighted by molar-refractivity contribution is -0.141. The van der Waals surface area contributed by atoms with Gasteiger partial charge < -0.3 is 15.5 Å². The predicted molar refractivity (Wildman–Crippen MR) is 109 cm³/mol. The maximum atomic E-state index is 13.1. The summed E-state index contributed by atoms with van der Waals surface area (Å²) in [6, 6.07) is 1.05. The number of hydrogen-bond donors (Lipinski definition) is 3. The van der Waals surface area contributed by atoms with Crippen molar-refractivity contribution in [3.05, 3.63) is 11.8 Å². The van der Waals surface area contributed by atoms with Crippen LogP contribution in [0.1, 0.15) is 31.4 Å². The lowest BCUT2D eigenvalue weighted by Crippen LogP contribution is -2.57. The number of nitrogens with one attached hydrogen (secondary N) is 3. The summed E-state index contributed by atoms with van der Waals surface area (Å²) in [5.41, 5.74) is -1.10. The highest BCUT2D eigenvalue weighted by Crippen LogP contribution is 2.30. The summed E-state index contributed by atoms with van der Waals surface area (Å²) in [4.78, 5) is 10.3. The van der Waals surface area contributed by atoms with Gasteiger partial charge in [0.1, 0.15) is 0 Å². The molecule has 14 heteroatoms. The highest BCUT2D eigenvalue weighted by Gasteiger charge is 2.35. The van der Waals surface area contributed by atoms with Crippen molar-refractivity contribution in [2.24, 2.45) is 0 Å². The third kappa shape index (κ3) is 5.01. The molecule has 1 saturated heterocycles. The smallest absolute Gasteiger partial charge is 0.353 e. The summed E-state index contributed by atoms with van der Waals surface area (Å²) in [7, 11) is -1.70. The zero-order valence-corrected chi connectivity index (χ0v) is 17.8. The molecule has 0 bridgehead atoms. The summed E-state index contributed by atoms with van der Waals surface area (Å²) >= 11 is 0. The summed E-state index contributed by atoms with van der Waals surface area (Å²) in [5.74, 6) is 0.0463. The van der Waals surface area contributed by atoms with Crippen LogP contribution >= 0.6 is 0 Å². The van der Waals surface area contributed by atoms with Gasteiger partial charge in [0, 0.05) is 37.8 Å². The van der Waals surface area contributed by atoms with Crippen molar-refractivity contribution >= 4 is 27.6 Å². The van der Waals surface area contributed by atoms with Gasteiger partial charge in [-0.25, -0.2) is 13.1 Å². The highest BCUT2D eigenvalue weighted by molar-refractivity contribution is 7.89. The number of sulfonamides is 1. The van der Waals surface area contributed by atoms with E-state index in [2.05, 4.69) is 30.4 Å². The van der Waals surface area contributed by atoms with Crippen LogP contribution in [0.25, 0.3) is 5.65 Å². The SMILES string of the molecule is CNC1CN(c2nc(NCCS(=O)(=O)NC3CCCC3)n3nc(C(F)(F)F)cc3n2)C1. The first kappa shape index (κ1) is 22.0. The fraction of sp³-hybridized carbons (Fsp3) is 0.706. The molecule has 172 valence electrons. The fourth-order valence-electron chi connectivity index (χ4n) is 3.75. The molecule has 1 aliphatic carbocycles. The van der Waals surface area contributed by atoms with Gasteiger partial charge in [0.05, 0.1) is 5.75 Å². The molecule has 1 aliphatic heterocycles. The Labute approximate surface area is 177 Å². The van der Waals surface area contributed by atoms with Crippen molar-refractivity contribution in [2.45, 2.75) is 43.9 Å². The van der Waals surface area contributed by atoms with Gasteiger partial charge in [0.25, 0.3) is 0 Å². The lowest BCUT2D eigenvalue weighted by Gasteiger charge is -2.39. The van der Waals surface area contributed by atoms with Crippen LogP contribution in [0.15, 0.2) is 6.07 Å². The minimum absolute atomic E-state index is 0.0134. The van der Waals surface area contributed by atoms with Crippen LogP contribution in [0, 0.1) is 0 Å². The molecule has 2 aliphatic rings. The molecule has 10 nitrogen and oxygen atoms in total. The van der Waals surface area contributed by atoms with Gasteiger partial charge in [-0.2, -0.15) is 32.8 Å². The molecule has 3 heterocycles. The summed E-state index contributed by atoms with van der Waals surface area (Å²) in [5, 5.41) is 9.49. The molecule has 2 fully saturated rings. The molecule has 0 radical (unpaired) electrons. The second-order valence-electron chi connectivity index (χ2n) is 7.88. The van der Waals surface area contributed by atoms with E-state index in [1.807, 2.05) is 11.9 Å². The van der Waals surface area contributed by atoms with Gasteiger partial charge >= 0.3 is 6.18 Å². The molecule has 0 aromatic carbocycles. The van der Waals surface area contributed by atoms with Crippen molar-refractivity contribution in [1.82, 2.24) is 29.6 Å². The Hall–Kier alpha value is -2.19. The normalized spacial score (nSPS) is 18.6. The number of fused-ring (bicyclic) bond motifs is 1. The molecule has 3 N–H and O–H groups in total. The number of nitrogens with zero attached hydrogens (tertiary/aromatic N) is 5. The molecule has 2 aromatic rings. The quantitative estimate of drug-likeness (QED) is 0.528. The van der Waals surface area contributed by atoms with Crippen molar-refractivity contribution in [2.75, 3.05) is 42.7 Å². The molecule has 0 amide bonds.